The molecule has 3 aromatic carbocycles. The Balaban J connectivity index is 1.54. The van der Waals surface area contributed by atoms with E-state index in [4.69, 9.17) is 23.9 Å². The van der Waals surface area contributed by atoms with E-state index in [1.165, 1.54) is 18.4 Å². The monoisotopic (exact) mass is 443 g/mol. The van der Waals surface area contributed by atoms with Crippen LogP contribution in [0.25, 0.3) is 0 Å². The van der Waals surface area contributed by atoms with Crippen LogP contribution in [-0.4, -0.2) is 33.1 Å². The maximum Gasteiger partial charge on any atom is 0.161 e. The minimum Gasteiger partial charge on any atom is -0.497 e. The lowest BCUT2D eigenvalue weighted by molar-refractivity contribution is 0.349. The third-order valence-electron chi connectivity index (χ3n) is 6.64. The van der Waals surface area contributed by atoms with Crippen molar-refractivity contribution in [1.82, 2.24) is 0 Å². The van der Waals surface area contributed by atoms with Crippen LogP contribution in [0, 0.1) is 0 Å². The van der Waals surface area contributed by atoms with E-state index in [-0.39, 0.29) is 0 Å². The van der Waals surface area contributed by atoms with Crippen LogP contribution in [-0.2, 0) is 0 Å². The van der Waals surface area contributed by atoms with Crippen molar-refractivity contribution in [2.45, 2.75) is 37.6 Å². The standard InChI is InChI=1S/C28H29NO4/c1-30-19-11-13-20(14-12-19)33-21-8-6-7-18(15-21)28-24-17-27(32-3)26(31-2)16-23(24)22-9-4-5-10-25(22)29-28/h6-8,11-17,22,25H,4-5,9-10H2,1-3H3/t22-,25-/m0/s1. The van der Waals surface area contributed by atoms with Crippen LogP contribution in [0.5, 0.6) is 28.7 Å². The van der Waals surface area contributed by atoms with Crippen LogP contribution >= 0.6 is 0 Å². The Hall–Kier alpha value is -3.47. The van der Waals surface area contributed by atoms with Gasteiger partial charge in [0.05, 0.1) is 33.1 Å². The Morgan fingerprint density at radius 1 is 0.727 bits per heavy atom. The van der Waals surface area contributed by atoms with Gasteiger partial charge in [-0.15, -0.1) is 0 Å². The van der Waals surface area contributed by atoms with Gasteiger partial charge >= 0.3 is 0 Å². The highest BCUT2D eigenvalue weighted by molar-refractivity contribution is 6.15. The number of benzene rings is 3. The van der Waals surface area contributed by atoms with E-state index in [2.05, 4.69) is 24.3 Å². The molecule has 170 valence electrons. The van der Waals surface area contributed by atoms with Gasteiger partial charge < -0.3 is 18.9 Å². The summed E-state index contributed by atoms with van der Waals surface area (Å²) in [5.74, 6) is 4.26. The molecule has 1 fully saturated rings. The summed E-state index contributed by atoms with van der Waals surface area (Å²) >= 11 is 0. The molecule has 5 rings (SSSR count). The van der Waals surface area contributed by atoms with E-state index in [9.17, 15) is 0 Å². The molecule has 1 heterocycles. The summed E-state index contributed by atoms with van der Waals surface area (Å²) in [6.07, 6.45) is 4.74. The molecule has 0 aromatic heterocycles. The van der Waals surface area contributed by atoms with Gasteiger partial charge in [0, 0.05) is 17.0 Å². The number of rotatable bonds is 6. The van der Waals surface area contributed by atoms with Crippen molar-refractivity contribution in [3.05, 3.63) is 77.4 Å². The first-order valence-corrected chi connectivity index (χ1v) is 11.5. The van der Waals surface area contributed by atoms with Crippen LogP contribution in [0.4, 0.5) is 0 Å². The molecule has 2 aliphatic rings. The number of ether oxygens (including phenoxy) is 4. The van der Waals surface area contributed by atoms with E-state index in [1.807, 2.05) is 36.4 Å². The minimum absolute atomic E-state index is 0.297. The fraction of sp³-hybridized carbons (Fsp3) is 0.321. The van der Waals surface area contributed by atoms with Gasteiger partial charge in [0.25, 0.3) is 0 Å². The van der Waals surface area contributed by atoms with E-state index >= 15 is 0 Å². The molecule has 5 heteroatoms. The summed E-state index contributed by atoms with van der Waals surface area (Å²) in [6, 6.07) is 20.3. The molecule has 33 heavy (non-hydrogen) atoms. The topological polar surface area (TPSA) is 49.3 Å². The molecular formula is C28H29NO4. The van der Waals surface area contributed by atoms with Gasteiger partial charge in [-0.3, -0.25) is 4.99 Å². The quantitative estimate of drug-likeness (QED) is 0.443. The van der Waals surface area contributed by atoms with Crippen LogP contribution in [0.2, 0.25) is 0 Å². The van der Waals surface area contributed by atoms with Crippen molar-refractivity contribution >= 4 is 5.71 Å². The zero-order valence-corrected chi connectivity index (χ0v) is 19.3. The van der Waals surface area contributed by atoms with Crippen molar-refractivity contribution in [3.8, 4) is 28.7 Å². The summed E-state index contributed by atoms with van der Waals surface area (Å²) in [5, 5.41) is 0. The van der Waals surface area contributed by atoms with Gasteiger partial charge in [-0.25, -0.2) is 0 Å². The van der Waals surface area contributed by atoms with Gasteiger partial charge in [0.2, 0.25) is 0 Å². The number of hydrogen-bond acceptors (Lipinski definition) is 5. The smallest absolute Gasteiger partial charge is 0.161 e. The molecule has 1 aliphatic heterocycles. The van der Waals surface area contributed by atoms with Crippen LogP contribution in [0.3, 0.4) is 0 Å². The Morgan fingerprint density at radius 3 is 2.21 bits per heavy atom. The van der Waals surface area contributed by atoms with Gasteiger partial charge in [-0.2, -0.15) is 0 Å². The Labute approximate surface area is 195 Å². The van der Waals surface area contributed by atoms with Crippen molar-refractivity contribution in [2.24, 2.45) is 4.99 Å². The van der Waals surface area contributed by atoms with Crippen LogP contribution in [0.15, 0.2) is 65.7 Å². The lowest BCUT2D eigenvalue weighted by Crippen LogP contribution is -2.29. The molecule has 0 N–H and O–H groups in total. The van der Waals surface area contributed by atoms with Crippen molar-refractivity contribution in [3.63, 3.8) is 0 Å². The third kappa shape index (κ3) is 4.15. The van der Waals surface area contributed by atoms with Crippen LogP contribution in [0.1, 0.15) is 48.3 Å². The molecule has 5 nitrogen and oxygen atoms in total. The first kappa shape index (κ1) is 21.4. The summed E-state index contributed by atoms with van der Waals surface area (Å²) in [6.45, 7) is 0. The van der Waals surface area contributed by atoms with Crippen molar-refractivity contribution in [1.29, 1.82) is 0 Å². The molecule has 0 spiro atoms. The highest BCUT2D eigenvalue weighted by Crippen LogP contribution is 2.45. The third-order valence-corrected chi connectivity index (χ3v) is 6.64. The fourth-order valence-corrected chi connectivity index (χ4v) is 4.99. The predicted octanol–water partition coefficient (Wildman–Crippen LogP) is 6.38. The molecular weight excluding hydrogens is 414 g/mol. The van der Waals surface area contributed by atoms with Gasteiger partial charge in [0.15, 0.2) is 11.5 Å². The Bertz CT molecular complexity index is 1170. The van der Waals surface area contributed by atoms with Crippen molar-refractivity contribution in [2.75, 3.05) is 21.3 Å². The van der Waals surface area contributed by atoms with E-state index < -0.39 is 0 Å². The lowest BCUT2D eigenvalue weighted by Gasteiger charge is -2.35. The number of aliphatic imine (C=N–C) groups is 1. The average molecular weight is 444 g/mol. The second-order valence-corrected chi connectivity index (χ2v) is 8.54. The average Bonchev–Trinajstić information content (AvgIpc) is 2.88. The first-order valence-electron chi connectivity index (χ1n) is 11.5. The zero-order valence-electron chi connectivity index (χ0n) is 19.3. The summed E-state index contributed by atoms with van der Waals surface area (Å²) in [4.78, 5) is 5.27. The largest absolute Gasteiger partial charge is 0.497 e. The van der Waals surface area contributed by atoms with Crippen molar-refractivity contribution < 1.29 is 18.9 Å². The highest BCUT2D eigenvalue weighted by atomic mass is 16.5. The molecule has 0 unspecified atom stereocenters. The maximum atomic E-state index is 6.13. The molecule has 0 bridgehead atoms. The van der Waals surface area contributed by atoms with E-state index in [1.54, 1.807) is 21.3 Å². The van der Waals surface area contributed by atoms with Gasteiger partial charge in [0.1, 0.15) is 17.2 Å². The highest BCUT2D eigenvalue weighted by Gasteiger charge is 2.34. The number of methoxy groups -OCH3 is 3. The van der Waals surface area contributed by atoms with Crippen LogP contribution < -0.4 is 18.9 Å². The van der Waals surface area contributed by atoms with E-state index in [0.717, 1.165) is 58.4 Å². The minimum atomic E-state index is 0.297. The van der Waals surface area contributed by atoms with Gasteiger partial charge in [-0.1, -0.05) is 25.0 Å². The second kappa shape index (κ2) is 9.18. The Morgan fingerprint density at radius 2 is 1.45 bits per heavy atom. The molecule has 3 aromatic rings. The summed E-state index contributed by atoms with van der Waals surface area (Å²) in [7, 11) is 5.03. The number of hydrogen-bond donors (Lipinski definition) is 0. The molecule has 1 aliphatic carbocycles. The number of nitrogens with zero attached hydrogens (tertiary/aromatic N) is 1. The fourth-order valence-electron chi connectivity index (χ4n) is 4.99. The normalized spacial score (nSPS) is 19.1. The SMILES string of the molecule is COc1ccc(Oc2cccc(C3=N[C@H]4CCCC[C@H]4c4cc(OC)c(OC)cc43)c2)cc1. The molecule has 2 atom stereocenters. The lowest BCUT2D eigenvalue weighted by atomic mass is 9.75. The number of fused-ring (bicyclic) bond motifs is 3. The summed E-state index contributed by atoms with van der Waals surface area (Å²) in [5.41, 5.74) is 4.47. The zero-order chi connectivity index (χ0) is 22.8. The second-order valence-electron chi connectivity index (χ2n) is 8.54. The maximum absolute atomic E-state index is 6.13. The van der Waals surface area contributed by atoms with E-state index in [0.29, 0.717) is 12.0 Å². The van der Waals surface area contributed by atoms with Gasteiger partial charge in [-0.05, 0) is 66.9 Å². The molecule has 0 amide bonds. The first-order chi connectivity index (χ1) is 16.2. The molecule has 1 saturated carbocycles. The summed E-state index contributed by atoms with van der Waals surface area (Å²) < 4.78 is 22.6. The predicted molar refractivity (Wildman–Crippen MR) is 130 cm³/mol. The Kier molecular flexibility index (Phi) is 5.95. The molecule has 0 radical (unpaired) electrons. The molecule has 0 saturated heterocycles.